The van der Waals surface area contributed by atoms with Gasteiger partial charge in [-0.25, -0.2) is 26.7 Å². The Balaban J connectivity index is 1.81. The highest BCUT2D eigenvalue weighted by molar-refractivity contribution is 7.12. The Hall–Kier alpha value is -2.27. The lowest BCUT2D eigenvalue weighted by atomic mass is 9.63. The fraction of sp³-hybridized carbons (Fsp3) is 0.545. The van der Waals surface area contributed by atoms with Gasteiger partial charge in [0.1, 0.15) is 5.83 Å². The first-order chi connectivity index (χ1) is 15.5. The number of H-pyrrole nitrogens is 2. The topological polar surface area (TPSA) is 91.7 Å². The molecule has 0 aromatic carbocycles. The Kier molecular flexibility index (Phi) is 5.02. The Morgan fingerprint density at radius 3 is 2.55 bits per heavy atom. The smallest absolute Gasteiger partial charge is 0.325 e. The van der Waals surface area contributed by atoms with Gasteiger partial charge >= 0.3 is 5.69 Å². The molecule has 2 heterocycles. The van der Waals surface area contributed by atoms with Gasteiger partial charge in [0.25, 0.3) is 17.9 Å². The van der Waals surface area contributed by atoms with Crippen LogP contribution in [0.2, 0.25) is 0 Å². The van der Waals surface area contributed by atoms with Crippen LogP contribution in [0.4, 0.5) is 22.0 Å². The lowest BCUT2D eigenvalue weighted by Gasteiger charge is -2.42. The Morgan fingerprint density at radius 2 is 1.94 bits per heavy atom. The number of allylic oxidation sites excluding steroid dienone is 2. The van der Waals surface area contributed by atoms with Crippen LogP contribution in [0.5, 0.6) is 0 Å². The predicted molar refractivity (Wildman–Crippen MR) is 114 cm³/mol. The first-order valence-corrected chi connectivity index (χ1v) is 11.6. The van der Waals surface area contributed by atoms with E-state index in [4.69, 9.17) is 5.73 Å². The first kappa shape index (κ1) is 22.5. The third kappa shape index (κ3) is 3.04. The maximum absolute atomic E-state index is 16.3. The van der Waals surface area contributed by atoms with Crippen LogP contribution in [0.1, 0.15) is 64.6 Å². The molecule has 5 rings (SSSR count). The van der Waals surface area contributed by atoms with Crippen LogP contribution in [-0.2, 0) is 11.8 Å². The lowest BCUT2D eigenvalue weighted by molar-refractivity contribution is -0.0381. The largest absolute Gasteiger partial charge is 0.330 e. The highest BCUT2D eigenvalue weighted by atomic mass is 32.1. The Labute approximate surface area is 188 Å². The van der Waals surface area contributed by atoms with Crippen LogP contribution < -0.4 is 17.0 Å². The Morgan fingerprint density at radius 1 is 1.24 bits per heavy atom. The summed E-state index contributed by atoms with van der Waals surface area (Å²) in [6.45, 7) is 1.29. The molecule has 3 atom stereocenters. The number of alkyl halides is 4. The van der Waals surface area contributed by atoms with Crippen molar-refractivity contribution in [3.63, 3.8) is 0 Å². The molecule has 2 aromatic rings. The molecule has 178 valence electrons. The van der Waals surface area contributed by atoms with Crippen molar-refractivity contribution in [2.75, 3.05) is 6.54 Å². The van der Waals surface area contributed by atoms with Gasteiger partial charge in [-0.05, 0) is 36.8 Å². The second-order valence-corrected chi connectivity index (χ2v) is 10.3. The molecule has 3 unspecified atom stereocenters. The SMILES string of the molecule is CC1c2[nH]c(=O)[nH]c(=O)c2C(C(F)F)=C(F)C1(c1cc2c(s1)CCC(F)(F)C2CN)C1CC1. The fourth-order valence-electron chi connectivity index (χ4n) is 5.76. The van der Waals surface area contributed by atoms with Gasteiger partial charge < -0.3 is 10.7 Å². The highest BCUT2D eigenvalue weighted by Gasteiger charge is 2.60. The fourth-order valence-corrected chi connectivity index (χ4v) is 7.34. The predicted octanol–water partition coefficient (Wildman–Crippen LogP) is 4.16. The van der Waals surface area contributed by atoms with Crippen LogP contribution in [0.25, 0.3) is 5.57 Å². The molecule has 0 bridgehead atoms. The van der Waals surface area contributed by atoms with E-state index in [1.807, 2.05) is 4.98 Å². The molecule has 4 N–H and O–H groups in total. The summed E-state index contributed by atoms with van der Waals surface area (Å²) in [7, 11) is 0. The maximum Gasteiger partial charge on any atom is 0.325 e. The second-order valence-electron chi connectivity index (χ2n) is 9.13. The minimum absolute atomic E-state index is 0.0561. The average Bonchev–Trinajstić information content (AvgIpc) is 3.48. The van der Waals surface area contributed by atoms with Crippen molar-refractivity contribution in [2.24, 2.45) is 11.7 Å². The molecule has 0 spiro atoms. The van der Waals surface area contributed by atoms with Gasteiger partial charge in [-0.2, -0.15) is 0 Å². The number of halogens is 5. The zero-order valence-electron chi connectivity index (χ0n) is 17.6. The Bertz CT molecular complexity index is 1280. The molecule has 0 amide bonds. The van der Waals surface area contributed by atoms with Crippen molar-refractivity contribution in [2.45, 2.75) is 62.2 Å². The standard InChI is InChI=1S/C22H22F5N3O2S/c1-8-16-14(19(31)30-20(32)29-16)15(18(24)25)17(23)22(8,9-2-3-9)13-6-10-11(7-28)21(26,27)5-4-12(10)33-13/h6,8-9,11,18H,2-5,7,28H2,1H3,(H2,29,30,31,32). The number of nitrogens with two attached hydrogens (primary N) is 1. The van der Waals surface area contributed by atoms with Crippen LogP contribution in [0.15, 0.2) is 21.5 Å². The minimum Gasteiger partial charge on any atom is -0.330 e. The summed E-state index contributed by atoms with van der Waals surface area (Å²) < 4.78 is 73.7. The van der Waals surface area contributed by atoms with Gasteiger partial charge in [0.2, 0.25) is 0 Å². The molecule has 2 aromatic heterocycles. The minimum atomic E-state index is -3.31. The molecule has 1 fully saturated rings. The lowest BCUT2D eigenvalue weighted by Crippen LogP contribution is -2.43. The average molecular weight is 487 g/mol. The zero-order chi connectivity index (χ0) is 23.9. The number of nitrogens with one attached hydrogen (secondary N) is 2. The van der Waals surface area contributed by atoms with Gasteiger partial charge in [-0.1, -0.05) is 6.92 Å². The van der Waals surface area contributed by atoms with Crippen LogP contribution in [0.3, 0.4) is 0 Å². The van der Waals surface area contributed by atoms with E-state index in [2.05, 4.69) is 4.98 Å². The molecular formula is C22H22F5N3O2S. The molecule has 0 saturated heterocycles. The molecule has 33 heavy (non-hydrogen) atoms. The van der Waals surface area contributed by atoms with E-state index < -0.39 is 57.8 Å². The molecule has 0 radical (unpaired) electrons. The molecule has 0 aliphatic heterocycles. The number of hydrogen-bond donors (Lipinski definition) is 3. The molecule has 5 nitrogen and oxygen atoms in total. The monoisotopic (exact) mass is 487 g/mol. The van der Waals surface area contributed by atoms with E-state index in [1.54, 1.807) is 6.92 Å². The zero-order valence-corrected chi connectivity index (χ0v) is 18.4. The van der Waals surface area contributed by atoms with Gasteiger partial charge in [0.05, 0.1) is 22.5 Å². The van der Waals surface area contributed by atoms with Gasteiger partial charge in [0.15, 0.2) is 0 Å². The summed E-state index contributed by atoms with van der Waals surface area (Å²) in [5, 5.41) is 0. The van der Waals surface area contributed by atoms with Crippen LogP contribution in [0, 0.1) is 5.92 Å². The van der Waals surface area contributed by atoms with E-state index in [0.717, 1.165) is 11.3 Å². The number of aromatic nitrogens is 2. The first-order valence-electron chi connectivity index (χ1n) is 10.8. The number of thiophene rings is 1. The summed E-state index contributed by atoms with van der Waals surface area (Å²) >= 11 is 1.15. The van der Waals surface area contributed by atoms with Gasteiger partial charge in [0, 0.05) is 34.3 Å². The number of rotatable bonds is 4. The van der Waals surface area contributed by atoms with Crippen molar-refractivity contribution in [1.82, 2.24) is 9.97 Å². The quantitative estimate of drug-likeness (QED) is 0.566. The summed E-state index contributed by atoms with van der Waals surface area (Å²) in [5.74, 6) is -6.60. The molecule has 3 aliphatic carbocycles. The van der Waals surface area contributed by atoms with E-state index in [0.29, 0.717) is 28.2 Å². The van der Waals surface area contributed by atoms with Crippen molar-refractivity contribution in [3.8, 4) is 0 Å². The number of aryl methyl sites for hydroxylation is 1. The van der Waals surface area contributed by atoms with E-state index in [-0.39, 0.29) is 31.0 Å². The van der Waals surface area contributed by atoms with Gasteiger partial charge in [-0.15, -0.1) is 11.3 Å². The summed E-state index contributed by atoms with van der Waals surface area (Å²) in [4.78, 5) is 29.8. The van der Waals surface area contributed by atoms with Crippen molar-refractivity contribution >= 4 is 16.9 Å². The molecular weight excluding hydrogens is 465 g/mol. The van der Waals surface area contributed by atoms with E-state index in [9.17, 15) is 27.2 Å². The summed E-state index contributed by atoms with van der Waals surface area (Å²) in [6, 6.07) is 1.50. The molecule has 11 heteroatoms. The number of fused-ring (bicyclic) bond motifs is 2. The maximum atomic E-state index is 16.3. The number of hydrogen-bond acceptors (Lipinski definition) is 4. The van der Waals surface area contributed by atoms with E-state index in [1.165, 1.54) is 6.07 Å². The van der Waals surface area contributed by atoms with Crippen molar-refractivity contribution in [3.05, 3.63) is 59.3 Å². The van der Waals surface area contributed by atoms with Crippen molar-refractivity contribution < 1.29 is 22.0 Å². The third-order valence-electron chi connectivity index (χ3n) is 7.45. The summed E-state index contributed by atoms with van der Waals surface area (Å²) in [5.41, 5.74) is 0.807. The van der Waals surface area contributed by atoms with Crippen LogP contribution in [-0.4, -0.2) is 28.9 Å². The molecule has 1 saturated carbocycles. The number of aromatic amines is 2. The normalized spacial score (nSPS) is 28.7. The second kappa shape index (κ2) is 7.36. The van der Waals surface area contributed by atoms with Crippen LogP contribution >= 0.6 is 11.3 Å². The van der Waals surface area contributed by atoms with Crippen molar-refractivity contribution in [1.29, 1.82) is 0 Å². The third-order valence-corrected chi connectivity index (χ3v) is 8.81. The van der Waals surface area contributed by atoms with E-state index >= 15 is 4.39 Å². The summed E-state index contributed by atoms with van der Waals surface area (Å²) in [6.07, 6.45) is -2.51. The molecule has 3 aliphatic rings. The highest BCUT2D eigenvalue weighted by Crippen LogP contribution is 2.64. The van der Waals surface area contributed by atoms with Gasteiger partial charge in [-0.3, -0.25) is 9.78 Å².